The zero-order valence-corrected chi connectivity index (χ0v) is 8.98. The van der Waals surface area contributed by atoms with Gasteiger partial charge in [-0.2, -0.15) is 0 Å². The van der Waals surface area contributed by atoms with Crippen LogP contribution in [-0.4, -0.2) is 28.6 Å². The second-order valence-electron chi connectivity index (χ2n) is 2.42. The topological polar surface area (TPSA) is 174 Å². The van der Waals surface area contributed by atoms with E-state index >= 15 is 0 Å². The third-order valence-corrected chi connectivity index (χ3v) is 1.25. The first-order valence-corrected chi connectivity index (χ1v) is 3.11. The normalized spacial score (nSPS) is 9.40. The fourth-order valence-corrected chi connectivity index (χ4v) is 0.684. The Hall–Kier alpha value is -1.05. The van der Waals surface area contributed by atoms with Crippen LogP contribution in [-0.2, 0) is 33.9 Å². The molecular weight excluding hydrogens is 299 g/mol. The third kappa shape index (κ3) is 6.95. The van der Waals surface area contributed by atoms with E-state index in [1.807, 2.05) is 0 Å². The van der Waals surface area contributed by atoms with E-state index < -0.39 is 36.4 Å². The Balaban J connectivity index is -0.000000720. The minimum atomic E-state index is -2.97. The Labute approximate surface area is 97.2 Å². The summed E-state index contributed by atoms with van der Waals surface area (Å²) >= 11 is 0. The molecule has 15 heavy (non-hydrogen) atoms. The van der Waals surface area contributed by atoms with Crippen LogP contribution < -0.4 is 15.3 Å². The minimum Gasteiger partial charge on any atom is -0.693 e. The average molecular weight is 306 g/mol. The van der Waals surface area contributed by atoms with Gasteiger partial charge in [0.25, 0.3) is 0 Å². The van der Waals surface area contributed by atoms with Crippen molar-refractivity contribution in [3.8, 4) is 0 Å². The first-order chi connectivity index (χ1) is 5.78. The number of hydrogen-bond acceptors (Lipinski definition) is 7. The quantitative estimate of drug-likeness (QED) is 0.497. The van der Waals surface area contributed by atoms with Crippen LogP contribution in [0.1, 0.15) is 12.8 Å². The van der Waals surface area contributed by atoms with Gasteiger partial charge < -0.3 is 41.0 Å². The van der Waals surface area contributed by atoms with Crippen molar-refractivity contribution in [2.45, 2.75) is 18.4 Å². The summed E-state index contributed by atoms with van der Waals surface area (Å²) in [6.45, 7) is 0. The molecule has 0 aromatic heterocycles. The summed E-state index contributed by atoms with van der Waals surface area (Å²) in [7, 11) is 0. The van der Waals surface area contributed by atoms with Crippen molar-refractivity contribution in [1.29, 1.82) is 0 Å². The molecule has 8 nitrogen and oxygen atoms in total. The van der Waals surface area contributed by atoms with Gasteiger partial charge in [0.05, 0.1) is 5.97 Å². The Kier molecular flexibility index (Phi) is 9.46. The second kappa shape index (κ2) is 7.27. The van der Waals surface area contributed by atoms with Gasteiger partial charge in [-0.25, -0.2) is 0 Å². The Morgan fingerprint density at radius 3 is 1.40 bits per heavy atom. The summed E-state index contributed by atoms with van der Waals surface area (Å²) in [6, 6.07) is 0. The van der Waals surface area contributed by atoms with Gasteiger partial charge in [-0.3, -0.25) is 0 Å². The summed E-state index contributed by atoms with van der Waals surface area (Å²) in [5.41, 5.74) is -2.97. The molecular formula is C6H7NO7Ru. The number of aliphatic hydroxyl groups is 1. The molecule has 0 aliphatic heterocycles. The van der Waals surface area contributed by atoms with Gasteiger partial charge in [-0.1, -0.05) is 0 Å². The molecule has 0 aliphatic rings. The van der Waals surface area contributed by atoms with E-state index in [1.165, 1.54) is 0 Å². The number of carboxylic acid groups (broad SMARTS) is 3. The van der Waals surface area contributed by atoms with Gasteiger partial charge in [-0.05, 0) is 0 Å². The first-order valence-electron chi connectivity index (χ1n) is 3.11. The number of hydrogen-bond donors (Lipinski definition) is 1. The van der Waals surface area contributed by atoms with Crippen molar-refractivity contribution in [2.24, 2.45) is 0 Å². The Morgan fingerprint density at radius 2 is 1.27 bits per heavy atom. The second-order valence-corrected chi connectivity index (χ2v) is 2.42. The molecule has 0 aromatic carbocycles. The van der Waals surface area contributed by atoms with Crippen molar-refractivity contribution in [1.82, 2.24) is 0 Å². The summed E-state index contributed by atoms with van der Waals surface area (Å²) in [5.74, 6) is -5.98. The van der Waals surface area contributed by atoms with Crippen molar-refractivity contribution < 1.29 is 54.3 Å². The number of nitrogens with two attached hydrogens (primary N) is 1. The smallest absolute Gasteiger partial charge is 0.693 e. The molecule has 0 aromatic rings. The van der Waals surface area contributed by atoms with Gasteiger partial charge in [0, 0.05) is 24.8 Å². The van der Waals surface area contributed by atoms with Gasteiger partial charge in [-0.15, -0.1) is 0 Å². The van der Waals surface area contributed by atoms with E-state index in [2.05, 4.69) is 0 Å². The molecule has 3 N–H and O–H groups in total. The van der Waals surface area contributed by atoms with Crippen molar-refractivity contribution in [3.63, 3.8) is 0 Å². The van der Waals surface area contributed by atoms with Gasteiger partial charge in [0.15, 0.2) is 0 Å². The van der Waals surface area contributed by atoms with Crippen molar-refractivity contribution in [3.05, 3.63) is 6.15 Å². The number of aliphatic carboxylic acids is 3. The number of carbonyl (C=O) groups is 3. The number of carboxylic acids is 3. The fraction of sp³-hybridized carbons (Fsp3) is 0.500. The zero-order chi connectivity index (χ0) is 10.6. The summed E-state index contributed by atoms with van der Waals surface area (Å²) in [4.78, 5) is 30.0. The largest absolute Gasteiger partial charge is 4.00 e. The summed E-state index contributed by atoms with van der Waals surface area (Å²) < 4.78 is 0. The van der Waals surface area contributed by atoms with Gasteiger partial charge in [0.1, 0.15) is 5.60 Å². The maximum atomic E-state index is 10.1. The molecule has 0 unspecified atom stereocenters. The molecule has 0 amide bonds. The predicted molar refractivity (Wildman–Crippen MR) is 34.5 cm³/mol. The van der Waals surface area contributed by atoms with Crippen LogP contribution in [0.15, 0.2) is 0 Å². The van der Waals surface area contributed by atoms with E-state index in [-0.39, 0.29) is 25.6 Å². The van der Waals surface area contributed by atoms with Crippen molar-refractivity contribution >= 4 is 17.9 Å². The first kappa shape index (κ1) is 19.5. The van der Waals surface area contributed by atoms with Crippen LogP contribution in [0.3, 0.4) is 0 Å². The maximum absolute atomic E-state index is 10.1. The number of carbonyl (C=O) groups excluding carboxylic acids is 3. The van der Waals surface area contributed by atoms with Gasteiger partial charge in [0.2, 0.25) is 0 Å². The van der Waals surface area contributed by atoms with Crippen molar-refractivity contribution in [2.75, 3.05) is 0 Å². The molecule has 0 aliphatic carbocycles. The molecule has 0 spiro atoms. The van der Waals surface area contributed by atoms with E-state index in [9.17, 15) is 29.7 Å². The summed E-state index contributed by atoms with van der Waals surface area (Å²) in [6.07, 6.45) is -2.72. The molecule has 0 rings (SSSR count). The Bertz CT molecular complexity index is 238. The molecule has 0 fully saturated rings. The number of rotatable bonds is 5. The van der Waals surface area contributed by atoms with Crippen LogP contribution in [0.2, 0.25) is 0 Å². The predicted octanol–water partition coefficient (Wildman–Crippen LogP) is -4.54. The van der Waals surface area contributed by atoms with Crippen LogP contribution in [0.25, 0.3) is 6.15 Å². The fourth-order valence-electron chi connectivity index (χ4n) is 0.684. The molecule has 0 saturated heterocycles. The molecule has 0 radical (unpaired) electrons. The zero-order valence-electron chi connectivity index (χ0n) is 7.24. The standard InChI is InChI=1S/C6H8O7.H2N.Ru/c7-3(8)1-6(13,5(11)12)2-4(9)10;;/h13H,1-2H2,(H,7,8)(H,9,10)(H,11,12);1H2;/q;-1;+4/p-3. The van der Waals surface area contributed by atoms with E-state index in [1.54, 1.807) is 0 Å². The monoisotopic (exact) mass is 307 g/mol. The molecule has 0 bridgehead atoms. The molecule has 0 atom stereocenters. The van der Waals surface area contributed by atoms with Crippen LogP contribution >= 0.6 is 0 Å². The molecule has 0 heterocycles. The SMILES string of the molecule is O=C([O-])CC(O)(CC(=O)[O-])C(=O)[O-].[NH2-].[Ru+4]. The van der Waals surface area contributed by atoms with E-state index in [4.69, 9.17) is 5.11 Å². The molecule has 86 valence electrons. The maximum Gasteiger partial charge on any atom is 4.00 e. The molecule has 9 heteroatoms. The average Bonchev–Trinajstić information content (AvgIpc) is 1.82. The van der Waals surface area contributed by atoms with E-state index in [0.717, 1.165) is 0 Å². The minimum absolute atomic E-state index is 0. The van der Waals surface area contributed by atoms with E-state index in [0.29, 0.717) is 0 Å². The van der Waals surface area contributed by atoms with Crippen LogP contribution in [0.4, 0.5) is 0 Å². The van der Waals surface area contributed by atoms with Crippen LogP contribution in [0, 0.1) is 0 Å². The third-order valence-electron chi connectivity index (χ3n) is 1.25. The molecule has 0 saturated carbocycles. The summed E-state index contributed by atoms with van der Waals surface area (Å²) in [5, 5.41) is 38.9. The Morgan fingerprint density at radius 1 is 1.00 bits per heavy atom. The van der Waals surface area contributed by atoms with Crippen LogP contribution in [0.5, 0.6) is 0 Å². The van der Waals surface area contributed by atoms with Gasteiger partial charge >= 0.3 is 19.5 Å².